The van der Waals surface area contributed by atoms with Crippen LogP contribution >= 0.6 is 0 Å². The lowest BCUT2D eigenvalue weighted by Crippen LogP contribution is -2.55. The second kappa shape index (κ2) is 10.6. The summed E-state index contributed by atoms with van der Waals surface area (Å²) in [5, 5.41) is 5.37. The monoisotopic (exact) mass is 377 g/mol. The Labute approximate surface area is 167 Å². The van der Waals surface area contributed by atoms with E-state index >= 15 is 0 Å². The summed E-state index contributed by atoms with van der Waals surface area (Å²) in [6.45, 7) is 9.56. The van der Waals surface area contributed by atoms with Crippen LogP contribution in [0.4, 0.5) is 5.69 Å². The van der Waals surface area contributed by atoms with Gasteiger partial charge in [-0.25, -0.2) is 0 Å². The molecule has 0 heterocycles. The molecule has 0 bridgehead atoms. The number of hydrogen-bond acceptors (Lipinski definition) is 3. The van der Waals surface area contributed by atoms with Crippen LogP contribution in [0.15, 0.2) is 61.7 Å². The predicted molar refractivity (Wildman–Crippen MR) is 115 cm³/mol. The molecule has 2 amide bonds. The fourth-order valence-electron chi connectivity index (χ4n) is 2.32. The molecule has 0 aromatic heterocycles. The van der Waals surface area contributed by atoms with Gasteiger partial charge in [-0.1, -0.05) is 18.8 Å². The van der Waals surface area contributed by atoms with E-state index in [9.17, 15) is 9.59 Å². The van der Waals surface area contributed by atoms with Crippen LogP contribution in [0.25, 0.3) is 0 Å². The number of nitrogens with one attached hydrogen (secondary N) is 2. The average Bonchev–Trinajstić information content (AvgIpc) is 2.74. The van der Waals surface area contributed by atoms with Gasteiger partial charge in [0, 0.05) is 29.4 Å². The number of benzene rings is 2. The molecule has 146 valence electrons. The molecule has 0 aliphatic carbocycles. The van der Waals surface area contributed by atoms with E-state index in [4.69, 9.17) is 5.73 Å². The molecule has 0 saturated carbocycles. The van der Waals surface area contributed by atoms with Crippen molar-refractivity contribution >= 4 is 17.5 Å². The van der Waals surface area contributed by atoms with E-state index in [-0.39, 0.29) is 11.8 Å². The van der Waals surface area contributed by atoms with Gasteiger partial charge < -0.3 is 16.4 Å². The van der Waals surface area contributed by atoms with Gasteiger partial charge in [0.05, 0.1) is 0 Å². The first-order valence-corrected chi connectivity index (χ1v) is 8.90. The molecule has 0 spiro atoms. The van der Waals surface area contributed by atoms with Crippen LogP contribution < -0.4 is 16.4 Å². The number of nitrogen functional groups attached to an aromatic ring is 1. The number of rotatable bonds is 4. The van der Waals surface area contributed by atoms with E-state index in [1.54, 1.807) is 50.4 Å². The molecule has 0 aliphatic heterocycles. The largest absolute Gasteiger partial charge is 0.399 e. The molecule has 0 fully saturated rings. The smallest absolute Gasteiger partial charge is 0.252 e. The molecule has 5 nitrogen and oxygen atoms in total. The van der Waals surface area contributed by atoms with Gasteiger partial charge in [-0.05, 0) is 61.9 Å². The van der Waals surface area contributed by atoms with Crippen molar-refractivity contribution in [2.24, 2.45) is 0 Å². The Morgan fingerprint density at radius 1 is 1.00 bits per heavy atom. The Kier molecular flexibility index (Phi) is 8.51. The standard InChI is InChI=1S/C21H23N3O2.C2H4/c1-4-21(2,20(26)23-3)24-19(25)17-11-7-15(8-12-17)5-6-16-9-13-18(22)14-10-16;1-2/h7-14H,4,22H2,1-3H3,(H,23,26)(H,24,25);1-2H2. The highest BCUT2D eigenvalue weighted by Gasteiger charge is 2.32. The van der Waals surface area contributed by atoms with Crippen LogP contribution in [0, 0.1) is 11.8 Å². The van der Waals surface area contributed by atoms with Gasteiger partial charge in [0.2, 0.25) is 5.91 Å². The highest BCUT2D eigenvalue weighted by atomic mass is 16.2. The lowest BCUT2D eigenvalue weighted by atomic mass is 9.97. The molecule has 1 unspecified atom stereocenters. The van der Waals surface area contributed by atoms with Gasteiger partial charge in [0.25, 0.3) is 5.91 Å². The normalized spacial score (nSPS) is 11.5. The van der Waals surface area contributed by atoms with Crippen LogP contribution in [0.5, 0.6) is 0 Å². The van der Waals surface area contributed by atoms with E-state index in [2.05, 4.69) is 35.6 Å². The van der Waals surface area contributed by atoms with Gasteiger partial charge in [-0.3, -0.25) is 9.59 Å². The number of nitrogens with two attached hydrogens (primary N) is 1. The fourth-order valence-corrected chi connectivity index (χ4v) is 2.32. The number of amides is 2. The maximum atomic E-state index is 12.4. The van der Waals surface area contributed by atoms with E-state index in [0.29, 0.717) is 17.7 Å². The van der Waals surface area contributed by atoms with Crippen molar-refractivity contribution in [2.45, 2.75) is 25.8 Å². The first-order chi connectivity index (χ1) is 13.4. The summed E-state index contributed by atoms with van der Waals surface area (Å²) in [6.07, 6.45) is 0.490. The zero-order valence-corrected chi connectivity index (χ0v) is 16.6. The summed E-state index contributed by atoms with van der Waals surface area (Å²) in [5.74, 6) is 5.58. The van der Waals surface area contributed by atoms with Crippen molar-refractivity contribution in [3.05, 3.63) is 78.4 Å². The molecule has 0 radical (unpaired) electrons. The summed E-state index contributed by atoms with van der Waals surface area (Å²) in [5.41, 5.74) is 7.54. The molecular weight excluding hydrogens is 350 g/mol. The van der Waals surface area contributed by atoms with E-state index < -0.39 is 5.54 Å². The number of likely N-dealkylation sites (N-methyl/N-ethyl adjacent to an activating group) is 1. The number of carbonyl (C=O) groups excluding carboxylic acids is 2. The molecule has 5 heteroatoms. The Morgan fingerprint density at radius 3 is 1.89 bits per heavy atom. The Bertz CT molecular complexity index is 861. The number of anilines is 1. The van der Waals surface area contributed by atoms with Crippen LogP contribution in [-0.4, -0.2) is 24.4 Å². The van der Waals surface area contributed by atoms with Crippen LogP contribution in [0.1, 0.15) is 41.8 Å². The van der Waals surface area contributed by atoms with E-state index in [1.807, 2.05) is 19.1 Å². The third-order valence-corrected chi connectivity index (χ3v) is 4.23. The van der Waals surface area contributed by atoms with Crippen molar-refractivity contribution in [1.82, 2.24) is 10.6 Å². The SMILES string of the molecule is C=C.CCC(C)(NC(=O)c1ccc(C#Cc2ccc(N)cc2)cc1)C(=O)NC. The lowest BCUT2D eigenvalue weighted by molar-refractivity contribution is -0.126. The topological polar surface area (TPSA) is 84.2 Å². The van der Waals surface area contributed by atoms with Crippen LogP contribution in [0.3, 0.4) is 0 Å². The highest BCUT2D eigenvalue weighted by molar-refractivity contribution is 5.99. The zero-order valence-electron chi connectivity index (χ0n) is 16.6. The minimum absolute atomic E-state index is 0.223. The van der Waals surface area contributed by atoms with Gasteiger partial charge >= 0.3 is 0 Å². The van der Waals surface area contributed by atoms with Crippen molar-refractivity contribution in [1.29, 1.82) is 0 Å². The lowest BCUT2D eigenvalue weighted by Gasteiger charge is -2.27. The second-order valence-electron chi connectivity index (χ2n) is 6.17. The van der Waals surface area contributed by atoms with Gasteiger partial charge in [0.15, 0.2) is 0 Å². The Balaban J connectivity index is 0.00000190. The molecule has 2 aromatic carbocycles. The van der Waals surface area contributed by atoms with Crippen molar-refractivity contribution < 1.29 is 9.59 Å². The van der Waals surface area contributed by atoms with Gasteiger partial charge in [-0.2, -0.15) is 0 Å². The van der Waals surface area contributed by atoms with E-state index in [0.717, 1.165) is 11.1 Å². The molecule has 2 aromatic rings. The molecule has 28 heavy (non-hydrogen) atoms. The molecule has 4 N–H and O–H groups in total. The van der Waals surface area contributed by atoms with Gasteiger partial charge in [-0.15, -0.1) is 13.2 Å². The van der Waals surface area contributed by atoms with Crippen LogP contribution in [0.2, 0.25) is 0 Å². The highest BCUT2D eigenvalue weighted by Crippen LogP contribution is 2.12. The minimum Gasteiger partial charge on any atom is -0.399 e. The third kappa shape index (κ3) is 6.03. The average molecular weight is 377 g/mol. The Hall–Kier alpha value is -3.52. The third-order valence-electron chi connectivity index (χ3n) is 4.23. The summed E-state index contributed by atoms with van der Waals surface area (Å²) in [7, 11) is 1.55. The first kappa shape index (κ1) is 22.5. The fraction of sp³-hybridized carbons (Fsp3) is 0.217. The summed E-state index contributed by atoms with van der Waals surface area (Å²) >= 11 is 0. The van der Waals surface area contributed by atoms with Crippen molar-refractivity contribution in [2.75, 3.05) is 12.8 Å². The predicted octanol–water partition coefficient (Wildman–Crippen LogP) is 3.12. The van der Waals surface area contributed by atoms with Crippen molar-refractivity contribution in [3.63, 3.8) is 0 Å². The first-order valence-electron chi connectivity index (χ1n) is 8.90. The van der Waals surface area contributed by atoms with Crippen molar-refractivity contribution in [3.8, 4) is 11.8 Å². The van der Waals surface area contributed by atoms with Gasteiger partial charge in [0.1, 0.15) is 5.54 Å². The summed E-state index contributed by atoms with van der Waals surface area (Å²) in [6, 6.07) is 14.3. The minimum atomic E-state index is -0.945. The number of carbonyl (C=O) groups is 2. The summed E-state index contributed by atoms with van der Waals surface area (Å²) in [4.78, 5) is 24.4. The maximum absolute atomic E-state index is 12.4. The Morgan fingerprint density at radius 2 is 1.46 bits per heavy atom. The summed E-state index contributed by atoms with van der Waals surface area (Å²) < 4.78 is 0. The maximum Gasteiger partial charge on any atom is 0.252 e. The number of hydrogen-bond donors (Lipinski definition) is 3. The molecule has 0 aliphatic rings. The van der Waals surface area contributed by atoms with E-state index in [1.165, 1.54) is 0 Å². The quantitative estimate of drug-likeness (QED) is 0.435. The zero-order chi connectivity index (χ0) is 21.2. The molecular formula is C23H27N3O2. The molecule has 1 atom stereocenters. The molecule has 0 saturated heterocycles. The van der Waals surface area contributed by atoms with Crippen LogP contribution in [-0.2, 0) is 4.79 Å². The molecule has 2 rings (SSSR count). The second-order valence-corrected chi connectivity index (χ2v) is 6.17.